The Morgan fingerprint density at radius 2 is 1.95 bits per heavy atom. The molecule has 0 saturated heterocycles. The van der Waals surface area contributed by atoms with Gasteiger partial charge in [-0.2, -0.15) is 5.10 Å². The number of aromatic amines is 2. The van der Waals surface area contributed by atoms with Crippen LogP contribution in [0.25, 0.3) is 33.6 Å². The predicted octanol–water partition coefficient (Wildman–Crippen LogP) is 7.61. The van der Waals surface area contributed by atoms with Gasteiger partial charge in [-0.05, 0) is 86.7 Å². The monoisotopic (exact) mass is 574 g/mol. The summed E-state index contributed by atoms with van der Waals surface area (Å²) < 4.78 is 14.2. The molecular formula is C36H39FN6. The minimum Gasteiger partial charge on any atom is -0.402 e. The molecule has 0 atom stereocenters. The molecule has 0 aliphatic heterocycles. The van der Waals surface area contributed by atoms with E-state index in [1.807, 2.05) is 37.3 Å². The Morgan fingerprint density at radius 3 is 2.74 bits per heavy atom. The Morgan fingerprint density at radius 1 is 1.12 bits per heavy atom. The molecule has 0 radical (unpaired) electrons. The molecule has 1 saturated carbocycles. The summed E-state index contributed by atoms with van der Waals surface area (Å²) in [6.07, 6.45) is 14.1. The summed E-state index contributed by atoms with van der Waals surface area (Å²) in [5.41, 5.74) is 17.9. The van der Waals surface area contributed by atoms with Gasteiger partial charge in [0.15, 0.2) is 0 Å². The lowest BCUT2D eigenvalue weighted by molar-refractivity contribution is 0.502. The van der Waals surface area contributed by atoms with E-state index in [4.69, 9.17) is 10.7 Å². The average molecular weight is 575 g/mol. The predicted molar refractivity (Wildman–Crippen MR) is 175 cm³/mol. The molecule has 1 aromatic carbocycles. The van der Waals surface area contributed by atoms with E-state index in [1.165, 1.54) is 37.3 Å². The third-order valence-corrected chi connectivity index (χ3v) is 8.24. The van der Waals surface area contributed by atoms with Crippen molar-refractivity contribution in [3.63, 3.8) is 0 Å². The Bertz CT molecular complexity index is 1790. The summed E-state index contributed by atoms with van der Waals surface area (Å²) in [7, 11) is 0. The van der Waals surface area contributed by atoms with Gasteiger partial charge in [0.25, 0.3) is 0 Å². The molecule has 220 valence electrons. The first-order valence-corrected chi connectivity index (χ1v) is 15.1. The molecule has 2 aliphatic rings. The van der Waals surface area contributed by atoms with E-state index >= 15 is 0 Å². The van der Waals surface area contributed by atoms with Crippen LogP contribution in [0, 0.1) is 11.7 Å². The standard InChI is InChI=1S/C36H39FN6/c1-22(2)15-26(16-23(3)20-39-21-24-7-4-5-8-24)31-13-14-32-35(41-31)36(43-42-32)34-19-30-29(25-9-6-10-27(37)17-25)12-11-28(38)18-33(30)40-34/h6,9-17,19,24,39-40H,1,4-5,7-8,18,20-21,38H2,2-3H3,(H,42,43)/b23-16+,26-15+. The van der Waals surface area contributed by atoms with Crippen molar-refractivity contribution in [2.75, 3.05) is 13.1 Å². The van der Waals surface area contributed by atoms with Crippen molar-refractivity contribution < 1.29 is 4.39 Å². The van der Waals surface area contributed by atoms with E-state index in [0.717, 1.165) is 86.4 Å². The van der Waals surface area contributed by atoms with Gasteiger partial charge in [-0.15, -0.1) is 0 Å². The van der Waals surface area contributed by atoms with Gasteiger partial charge in [0.05, 0.1) is 16.9 Å². The lowest BCUT2D eigenvalue weighted by Gasteiger charge is -2.11. The summed E-state index contributed by atoms with van der Waals surface area (Å²) in [6, 6.07) is 12.7. The highest BCUT2D eigenvalue weighted by atomic mass is 19.1. The molecule has 5 N–H and O–H groups in total. The smallest absolute Gasteiger partial charge is 0.135 e. The second-order valence-electron chi connectivity index (χ2n) is 12.0. The molecule has 3 aromatic heterocycles. The molecule has 4 aromatic rings. The minimum absolute atomic E-state index is 0.278. The number of benzene rings is 1. The maximum absolute atomic E-state index is 14.2. The first-order chi connectivity index (χ1) is 20.8. The summed E-state index contributed by atoms with van der Waals surface area (Å²) in [6.45, 7) is 10.2. The van der Waals surface area contributed by atoms with Crippen molar-refractivity contribution in [3.05, 3.63) is 119 Å². The molecule has 3 heterocycles. The molecule has 2 aliphatic carbocycles. The molecule has 7 heteroatoms. The number of hydrogen-bond acceptors (Lipinski definition) is 4. The maximum atomic E-state index is 14.2. The van der Waals surface area contributed by atoms with Crippen molar-refractivity contribution in [1.29, 1.82) is 0 Å². The number of nitrogens with zero attached hydrogens (tertiary/aromatic N) is 2. The van der Waals surface area contributed by atoms with Gasteiger partial charge < -0.3 is 16.0 Å². The number of pyridine rings is 1. The largest absolute Gasteiger partial charge is 0.402 e. The van der Waals surface area contributed by atoms with Crippen LogP contribution in [0.5, 0.6) is 0 Å². The SMILES string of the molecule is C=C(C)/C=C(\C=C(/C)CNCC1CCCC1)c1ccc2[nH]nc(-c3cc4c([nH]3)CC(N)=CC=C4c3cccc(F)c3)c2n1. The third kappa shape index (κ3) is 6.47. The molecule has 1 fully saturated rings. The molecule has 43 heavy (non-hydrogen) atoms. The lowest BCUT2D eigenvalue weighted by atomic mass is 9.97. The van der Waals surface area contributed by atoms with Crippen molar-refractivity contribution in [2.45, 2.75) is 46.0 Å². The Balaban J connectivity index is 1.33. The number of allylic oxidation sites excluding steroid dienone is 7. The number of nitrogens with two attached hydrogens (primary N) is 1. The fourth-order valence-electron chi connectivity index (χ4n) is 6.16. The van der Waals surface area contributed by atoms with Crippen molar-refractivity contribution in [3.8, 4) is 11.4 Å². The van der Waals surface area contributed by atoms with Gasteiger partial charge in [-0.25, -0.2) is 9.37 Å². The van der Waals surface area contributed by atoms with Crippen molar-refractivity contribution in [2.24, 2.45) is 11.7 Å². The first kappa shape index (κ1) is 28.6. The van der Waals surface area contributed by atoms with E-state index in [2.05, 4.69) is 52.2 Å². The molecule has 0 unspecified atom stereocenters. The molecule has 0 amide bonds. The van der Waals surface area contributed by atoms with Gasteiger partial charge in [0.2, 0.25) is 0 Å². The van der Waals surface area contributed by atoms with E-state index < -0.39 is 0 Å². The minimum atomic E-state index is -0.278. The first-order valence-electron chi connectivity index (χ1n) is 15.1. The zero-order valence-electron chi connectivity index (χ0n) is 24.9. The maximum Gasteiger partial charge on any atom is 0.135 e. The van der Waals surface area contributed by atoms with Crippen LogP contribution in [0.1, 0.15) is 62.0 Å². The number of hydrogen-bond donors (Lipinski definition) is 4. The second kappa shape index (κ2) is 12.4. The fraction of sp³-hybridized carbons (Fsp3) is 0.278. The number of aromatic nitrogens is 4. The van der Waals surface area contributed by atoms with Crippen molar-refractivity contribution >= 4 is 22.2 Å². The Hall–Kier alpha value is -4.49. The summed E-state index contributed by atoms with van der Waals surface area (Å²) in [5.74, 6) is 0.525. The van der Waals surface area contributed by atoms with E-state index in [0.29, 0.717) is 6.42 Å². The highest BCUT2D eigenvalue weighted by Gasteiger charge is 2.21. The van der Waals surface area contributed by atoms with Crippen LogP contribution in [0.3, 0.4) is 0 Å². The normalized spacial score (nSPS) is 16.3. The lowest BCUT2D eigenvalue weighted by Crippen LogP contribution is -2.22. The molecule has 0 spiro atoms. The van der Waals surface area contributed by atoms with Crippen LogP contribution < -0.4 is 11.1 Å². The van der Waals surface area contributed by atoms with Crippen LogP contribution in [0.4, 0.5) is 4.39 Å². The van der Waals surface area contributed by atoms with Gasteiger partial charge in [0.1, 0.15) is 17.0 Å². The van der Waals surface area contributed by atoms with Crippen LogP contribution in [-0.2, 0) is 6.42 Å². The zero-order chi connectivity index (χ0) is 29.9. The molecule has 0 bridgehead atoms. The highest BCUT2D eigenvalue weighted by Crippen LogP contribution is 2.35. The summed E-state index contributed by atoms with van der Waals surface area (Å²) >= 11 is 0. The Kier molecular flexibility index (Phi) is 8.25. The number of fused-ring (bicyclic) bond motifs is 2. The zero-order valence-corrected chi connectivity index (χ0v) is 24.9. The van der Waals surface area contributed by atoms with Gasteiger partial charge in [-0.1, -0.05) is 60.9 Å². The van der Waals surface area contributed by atoms with E-state index in [9.17, 15) is 4.39 Å². The topological polar surface area (TPSA) is 95.4 Å². The number of halogens is 1. The second-order valence-corrected chi connectivity index (χ2v) is 12.0. The van der Waals surface area contributed by atoms with Crippen LogP contribution in [0.2, 0.25) is 0 Å². The van der Waals surface area contributed by atoms with Crippen LogP contribution >= 0.6 is 0 Å². The highest BCUT2D eigenvalue weighted by molar-refractivity contribution is 5.92. The Labute approximate surface area is 252 Å². The van der Waals surface area contributed by atoms with Gasteiger partial charge >= 0.3 is 0 Å². The van der Waals surface area contributed by atoms with Gasteiger partial charge in [-0.3, -0.25) is 5.10 Å². The van der Waals surface area contributed by atoms with Crippen LogP contribution in [-0.4, -0.2) is 33.3 Å². The van der Waals surface area contributed by atoms with E-state index in [-0.39, 0.29) is 5.82 Å². The van der Waals surface area contributed by atoms with Crippen molar-refractivity contribution in [1.82, 2.24) is 25.5 Å². The van der Waals surface area contributed by atoms with Crippen LogP contribution in [0.15, 0.2) is 90.2 Å². The quantitative estimate of drug-likeness (QED) is 0.155. The summed E-state index contributed by atoms with van der Waals surface area (Å²) in [5, 5.41) is 11.5. The van der Waals surface area contributed by atoms with Gasteiger partial charge in [0, 0.05) is 35.5 Å². The fourth-order valence-corrected chi connectivity index (χ4v) is 6.16. The molecule has 6 rings (SSSR count). The number of H-pyrrole nitrogens is 2. The molecular weight excluding hydrogens is 535 g/mol. The number of rotatable bonds is 9. The molecule has 6 nitrogen and oxygen atoms in total. The third-order valence-electron chi connectivity index (χ3n) is 8.24. The summed E-state index contributed by atoms with van der Waals surface area (Å²) in [4.78, 5) is 8.65. The number of nitrogens with one attached hydrogen (secondary N) is 3. The van der Waals surface area contributed by atoms with E-state index in [1.54, 1.807) is 12.1 Å². The average Bonchev–Trinajstić information content (AvgIpc) is 3.71.